The van der Waals surface area contributed by atoms with Crippen molar-refractivity contribution in [3.8, 4) is 23.0 Å². The molecule has 2 fully saturated rings. The van der Waals surface area contributed by atoms with E-state index in [0.29, 0.717) is 5.69 Å². The van der Waals surface area contributed by atoms with Crippen molar-refractivity contribution in [1.82, 2.24) is 15.0 Å². The van der Waals surface area contributed by atoms with Crippen LogP contribution >= 0.6 is 23.2 Å². The zero-order valence-corrected chi connectivity index (χ0v) is 45.1. The first-order valence-corrected chi connectivity index (χ1v) is 25.0. The number of esters is 2. The number of H-pyrrole nitrogens is 3. The number of carbonyl (C=O) groups is 4. The van der Waals surface area contributed by atoms with Crippen molar-refractivity contribution in [2.75, 3.05) is 24.9 Å². The van der Waals surface area contributed by atoms with E-state index in [0.717, 1.165) is 11.9 Å². The third-order valence-corrected chi connectivity index (χ3v) is 14.1. The smallest absolute Gasteiger partial charge is 0.364 e. The lowest BCUT2D eigenvalue weighted by molar-refractivity contribution is -0.305. The van der Waals surface area contributed by atoms with Gasteiger partial charge in [-0.2, -0.15) is 0 Å². The van der Waals surface area contributed by atoms with Gasteiger partial charge in [0.25, 0.3) is 11.8 Å². The summed E-state index contributed by atoms with van der Waals surface area (Å²) >= 11 is 13.2. The molecule has 7 aromatic rings. The number of hydrogen-bond donors (Lipinski definition) is 8. The normalized spacial score (nSPS) is 21.6. The Balaban J connectivity index is 0.898. The van der Waals surface area contributed by atoms with Crippen LogP contribution in [-0.4, -0.2) is 123 Å². The molecule has 7 heterocycles. The van der Waals surface area contributed by atoms with Crippen LogP contribution in [0.25, 0.3) is 21.9 Å². The van der Waals surface area contributed by atoms with Gasteiger partial charge in [0.15, 0.2) is 46.2 Å². The van der Waals surface area contributed by atoms with Crippen molar-refractivity contribution in [3.05, 3.63) is 125 Å². The molecule has 0 bridgehead atoms. The number of aromatic amines is 3. The molecule has 2 aromatic carbocycles. The maximum absolute atomic E-state index is 13.8. The first-order chi connectivity index (χ1) is 37.3. The van der Waals surface area contributed by atoms with E-state index in [9.17, 15) is 44.1 Å². The molecule has 7 atom stereocenters. The van der Waals surface area contributed by atoms with Gasteiger partial charge < -0.3 is 87.6 Å². The van der Waals surface area contributed by atoms with Crippen LogP contribution in [0.3, 0.4) is 0 Å². The molecular weight excluding hydrogens is 1080 g/mol. The minimum atomic E-state index is -1.65. The first kappa shape index (κ1) is 55.9. The Kier molecular flexibility index (Phi) is 15.2. The lowest BCUT2D eigenvalue weighted by Gasteiger charge is -2.47. The summed E-state index contributed by atoms with van der Waals surface area (Å²) in [5.74, 6) is -5.12. The van der Waals surface area contributed by atoms with Crippen LogP contribution in [0.4, 0.5) is 11.4 Å². The first-order valence-electron chi connectivity index (χ1n) is 24.2. The highest BCUT2D eigenvalue weighted by Gasteiger charge is 2.54. The molecule has 26 heteroatoms. The number of hydrogen-bond acceptors (Lipinski definition) is 19. The average Bonchev–Trinajstić information content (AvgIpc) is 4.25. The number of fused-ring (bicyclic) bond motifs is 2. The number of nitrogens with one attached hydrogen (secondary N) is 5. The van der Waals surface area contributed by atoms with E-state index < -0.39 is 112 Å². The van der Waals surface area contributed by atoms with Gasteiger partial charge in [0.05, 0.1) is 32.6 Å². The van der Waals surface area contributed by atoms with E-state index >= 15 is 0 Å². The summed E-state index contributed by atoms with van der Waals surface area (Å²) in [5.41, 5.74) is -5.42. The number of rotatable bonds is 14. The van der Waals surface area contributed by atoms with Gasteiger partial charge in [-0.15, -0.1) is 0 Å². The van der Waals surface area contributed by atoms with E-state index in [4.69, 9.17) is 69.9 Å². The molecule has 24 nitrogen and oxygen atoms in total. The number of aryl methyl sites for hydroxylation is 2. The summed E-state index contributed by atoms with van der Waals surface area (Å²) in [6.07, 6.45) is -6.96. The van der Waals surface area contributed by atoms with Crippen LogP contribution < -0.4 is 31.4 Å². The number of aliphatic hydroxyl groups is 1. The highest BCUT2D eigenvalue weighted by molar-refractivity contribution is 6.36. The standard InChI is InChI=1S/C53H53Cl2N5O19/c1-20-10-13-28(57-20)47(66)74-31-18-32(78-52(4,5)43(31)70-8)73-30-15-12-24-37(61)35(50(69)76-41(24)33(30)55)60-46(65)34-22(3)26(19-56-34)45(64)59-36-38(62)25-16-23(17-27(54)40(25)75-49(36)68)72-51-39(63)42(44(71-9)53(6,7)79-51)77-48(67)29-14-11-21(2)58-29/h10-17,19,31-32,39,42-44,51,56-58,61-63H,18H2,1-9H3,(H,59,64)(H,60,65)/t31?,32-,39?,42?,43-,44-,51+/m1/s1. The molecule has 9 rings (SSSR count). The van der Waals surface area contributed by atoms with Crippen molar-refractivity contribution in [3.63, 3.8) is 0 Å². The van der Waals surface area contributed by atoms with Gasteiger partial charge in [-0.3, -0.25) is 9.59 Å². The van der Waals surface area contributed by atoms with Gasteiger partial charge in [0.2, 0.25) is 12.6 Å². The van der Waals surface area contributed by atoms with Gasteiger partial charge in [-0.1, -0.05) is 23.2 Å². The van der Waals surface area contributed by atoms with Crippen LogP contribution in [0.1, 0.15) is 92.9 Å². The van der Waals surface area contributed by atoms with Crippen molar-refractivity contribution >= 4 is 80.3 Å². The van der Waals surface area contributed by atoms with E-state index in [-0.39, 0.29) is 78.1 Å². The summed E-state index contributed by atoms with van der Waals surface area (Å²) in [5, 5.41) is 38.1. The molecule has 8 N–H and O–H groups in total. The second-order valence-electron chi connectivity index (χ2n) is 19.8. The number of benzene rings is 2. The maximum atomic E-state index is 13.8. The third-order valence-electron chi connectivity index (χ3n) is 13.5. The number of anilines is 2. The largest absolute Gasteiger partial charge is 0.505 e. The maximum Gasteiger partial charge on any atom is 0.364 e. The fourth-order valence-electron chi connectivity index (χ4n) is 9.68. The Labute approximate surface area is 457 Å². The Morgan fingerprint density at radius 3 is 1.91 bits per heavy atom. The van der Waals surface area contributed by atoms with Gasteiger partial charge in [0.1, 0.15) is 51.9 Å². The van der Waals surface area contributed by atoms with Crippen molar-refractivity contribution < 1.29 is 81.2 Å². The monoisotopic (exact) mass is 1130 g/mol. The molecule has 2 aliphatic heterocycles. The number of methoxy groups -OCH3 is 2. The van der Waals surface area contributed by atoms with Crippen molar-refractivity contribution in [2.24, 2.45) is 0 Å². The highest BCUT2D eigenvalue weighted by atomic mass is 35.5. The van der Waals surface area contributed by atoms with Gasteiger partial charge >= 0.3 is 23.2 Å². The quantitative estimate of drug-likeness (QED) is 0.0391. The second kappa shape index (κ2) is 21.4. The minimum Gasteiger partial charge on any atom is -0.505 e. The molecule has 2 saturated heterocycles. The number of amides is 2. The molecule has 0 aliphatic carbocycles. The Bertz CT molecular complexity index is 3690. The Morgan fingerprint density at radius 2 is 1.30 bits per heavy atom. The minimum absolute atomic E-state index is 0.00291. The topological polar surface area (TPSA) is 335 Å². The Hall–Kier alpha value is -7.84. The van der Waals surface area contributed by atoms with E-state index in [2.05, 4.69) is 25.6 Å². The SMILES string of the molecule is CO[C@@H]1C(OC(=O)c2ccc(C)[nH]2)C[C@H](Oc2ccc3c(O)c(NC(=O)c4[nH]cc(C(=O)Nc5c(O)c6cc(O[C@H]7OC(C)(C)[C@H](OC)C(OC(=O)c8ccc(C)[nH]8)C7O)cc(Cl)c6oc5=O)c4C)c(=O)oc3c2Cl)OC1(C)C. The molecule has 0 spiro atoms. The molecule has 0 radical (unpaired) electrons. The zero-order chi connectivity index (χ0) is 57.2. The fraction of sp³-hybridized carbons (Fsp3) is 0.358. The van der Waals surface area contributed by atoms with Crippen LogP contribution in [0.5, 0.6) is 23.0 Å². The molecule has 79 heavy (non-hydrogen) atoms. The summed E-state index contributed by atoms with van der Waals surface area (Å²) in [4.78, 5) is 88.8. The number of aliphatic hydroxyl groups excluding tert-OH is 1. The third kappa shape index (κ3) is 10.7. The van der Waals surface area contributed by atoms with Gasteiger partial charge in [-0.05, 0) is 96.5 Å². The summed E-state index contributed by atoms with van der Waals surface area (Å²) in [6.45, 7) is 11.6. The summed E-state index contributed by atoms with van der Waals surface area (Å²) in [6, 6.07) is 11.6. The van der Waals surface area contributed by atoms with E-state index in [1.165, 1.54) is 51.5 Å². The molecule has 2 aliphatic rings. The van der Waals surface area contributed by atoms with E-state index in [1.807, 2.05) is 0 Å². The van der Waals surface area contributed by atoms with Gasteiger partial charge in [-0.25, -0.2) is 19.2 Å². The number of halogens is 2. The fourth-order valence-corrected chi connectivity index (χ4v) is 10.2. The number of ether oxygens (including phenoxy) is 8. The Morgan fingerprint density at radius 1 is 0.722 bits per heavy atom. The summed E-state index contributed by atoms with van der Waals surface area (Å²) < 4.78 is 58.1. The predicted octanol–water partition coefficient (Wildman–Crippen LogP) is 7.29. The number of carbonyl (C=O) groups excluding carboxylic acids is 4. The average molecular weight is 1130 g/mol. The summed E-state index contributed by atoms with van der Waals surface area (Å²) in [7, 11) is 2.82. The van der Waals surface area contributed by atoms with Crippen LogP contribution in [-0.2, 0) is 28.4 Å². The molecule has 2 amide bonds. The number of aromatic hydroxyl groups is 2. The van der Waals surface area contributed by atoms with Crippen LogP contribution in [0.15, 0.2) is 73.2 Å². The zero-order valence-electron chi connectivity index (χ0n) is 43.6. The predicted molar refractivity (Wildman–Crippen MR) is 281 cm³/mol. The molecule has 0 saturated carbocycles. The van der Waals surface area contributed by atoms with Crippen molar-refractivity contribution in [1.29, 1.82) is 0 Å². The number of aromatic nitrogens is 3. The van der Waals surface area contributed by atoms with Crippen molar-refractivity contribution in [2.45, 2.75) is 109 Å². The van der Waals surface area contributed by atoms with Crippen LogP contribution in [0.2, 0.25) is 10.0 Å². The van der Waals surface area contributed by atoms with Gasteiger partial charge in [0, 0.05) is 44.3 Å². The lowest BCUT2D eigenvalue weighted by atomic mass is 9.89. The molecule has 5 aromatic heterocycles. The molecule has 418 valence electrons. The van der Waals surface area contributed by atoms with E-state index in [1.54, 1.807) is 59.7 Å². The highest BCUT2D eigenvalue weighted by Crippen LogP contribution is 2.43. The van der Waals surface area contributed by atoms with Crippen LogP contribution in [0, 0.1) is 20.8 Å². The molecular formula is C53H53Cl2N5O19. The molecule has 3 unspecified atom stereocenters. The second-order valence-corrected chi connectivity index (χ2v) is 20.6. The lowest BCUT2D eigenvalue weighted by Crippen LogP contribution is -2.65.